The van der Waals surface area contributed by atoms with Gasteiger partial charge in [0.2, 0.25) is 0 Å². The number of carbonyl (C=O) groups is 3. The van der Waals surface area contributed by atoms with Gasteiger partial charge in [-0.15, -0.1) is 0 Å². The van der Waals surface area contributed by atoms with Crippen molar-refractivity contribution in [2.24, 2.45) is 17.8 Å². The van der Waals surface area contributed by atoms with Gasteiger partial charge in [0, 0.05) is 19.3 Å². The molecule has 0 aliphatic rings. The van der Waals surface area contributed by atoms with Crippen molar-refractivity contribution in [3.63, 3.8) is 0 Å². The van der Waals surface area contributed by atoms with Crippen LogP contribution in [0.2, 0.25) is 0 Å². The van der Waals surface area contributed by atoms with Crippen LogP contribution in [0.4, 0.5) is 0 Å². The first-order valence-corrected chi connectivity index (χ1v) is 28.2. The van der Waals surface area contributed by atoms with E-state index in [4.69, 9.17) is 14.2 Å². The molecule has 0 N–H and O–H groups in total. The molecular formula is C57H110O6. The zero-order chi connectivity index (χ0) is 46.3. The third-order valence-corrected chi connectivity index (χ3v) is 13.6. The summed E-state index contributed by atoms with van der Waals surface area (Å²) in [5, 5.41) is 0. The number of carbonyl (C=O) groups excluding carboxylic acids is 3. The predicted octanol–water partition coefficient (Wildman–Crippen LogP) is 18.3. The summed E-state index contributed by atoms with van der Waals surface area (Å²) in [6, 6.07) is 0. The van der Waals surface area contributed by atoms with E-state index in [9.17, 15) is 14.4 Å². The molecule has 0 aliphatic heterocycles. The predicted molar refractivity (Wildman–Crippen MR) is 270 cm³/mol. The summed E-state index contributed by atoms with van der Waals surface area (Å²) >= 11 is 0. The van der Waals surface area contributed by atoms with Gasteiger partial charge in [0.25, 0.3) is 0 Å². The van der Waals surface area contributed by atoms with Crippen LogP contribution in [-0.2, 0) is 28.6 Å². The van der Waals surface area contributed by atoms with E-state index in [0.29, 0.717) is 19.3 Å². The first-order chi connectivity index (χ1) is 30.7. The molecular weight excluding hydrogens is 781 g/mol. The monoisotopic (exact) mass is 891 g/mol. The van der Waals surface area contributed by atoms with Gasteiger partial charge >= 0.3 is 17.9 Å². The van der Waals surface area contributed by atoms with Gasteiger partial charge in [-0.05, 0) is 37.0 Å². The van der Waals surface area contributed by atoms with E-state index < -0.39 is 6.10 Å². The summed E-state index contributed by atoms with van der Waals surface area (Å²) < 4.78 is 16.9. The van der Waals surface area contributed by atoms with Crippen LogP contribution in [0.15, 0.2) is 0 Å². The molecule has 0 saturated heterocycles. The summed E-state index contributed by atoms with van der Waals surface area (Å²) in [5.74, 6) is 1.72. The van der Waals surface area contributed by atoms with Crippen LogP contribution >= 0.6 is 0 Å². The molecule has 0 amide bonds. The van der Waals surface area contributed by atoms with Gasteiger partial charge in [0.05, 0.1) is 0 Å². The van der Waals surface area contributed by atoms with E-state index in [1.54, 1.807) is 0 Å². The molecule has 0 bridgehead atoms. The van der Waals surface area contributed by atoms with Gasteiger partial charge in [-0.1, -0.05) is 273 Å². The van der Waals surface area contributed by atoms with Gasteiger partial charge < -0.3 is 14.2 Å². The van der Waals surface area contributed by atoms with Crippen LogP contribution < -0.4 is 0 Å². The van der Waals surface area contributed by atoms with Crippen LogP contribution in [-0.4, -0.2) is 37.2 Å². The molecule has 0 aromatic heterocycles. The molecule has 0 saturated carbocycles. The summed E-state index contributed by atoms with van der Waals surface area (Å²) in [5.41, 5.74) is 0. The second-order valence-electron chi connectivity index (χ2n) is 20.5. The Bertz CT molecular complexity index is 980. The fraction of sp³-hybridized carbons (Fsp3) is 0.947. The average Bonchev–Trinajstić information content (AvgIpc) is 3.27. The minimum atomic E-state index is -0.764. The van der Waals surface area contributed by atoms with Gasteiger partial charge in [0.15, 0.2) is 6.10 Å². The molecule has 0 aliphatic carbocycles. The highest BCUT2D eigenvalue weighted by atomic mass is 16.6. The number of hydrogen-bond donors (Lipinski definition) is 0. The standard InChI is InChI=1S/C57H110O6/c1-7-52(5)44-38-32-26-20-17-18-22-30-36-42-48-57(60)63-54(50-62-56(59)47-41-35-29-24-23-27-33-39-45-53(6)8-2)49-61-55(58)46-40-34-28-21-16-14-12-10-9-11-13-15-19-25-31-37-43-51(3)4/h51-54H,7-50H2,1-6H3/t52?,53?,54-/m1/s1. The maximum absolute atomic E-state index is 12.8. The molecule has 6 nitrogen and oxygen atoms in total. The molecule has 0 aromatic carbocycles. The zero-order valence-electron chi connectivity index (χ0n) is 43.4. The number of esters is 3. The van der Waals surface area contributed by atoms with E-state index in [0.717, 1.165) is 75.5 Å². The zero-order valence-corrected chi connectivity index (χ0v) is 43.4. The van der Waals surface area contributed by atoms with Crippen LogP contribution in [0.25, 0.3) is 0 Å². The number of unbranched alkanes of at least 4 members (excludes halogenated alkanes) is 31. The molecule has 0 heterocycles. The fourth-order valence-corrected chi connectivity index (χ4v) is 8.58. The van der Waals surface area contributed by atoms with Crippen molar-refractivity contribution in [1.29, 1.82) is 0 Å². The number of rotatable bonds is 50. The van der Waals surface area contributed by atoms with Gasteiger partial charge in [-0.2, -0.15) is 0 Å². The first-order valence-electron chi connectivity index (χ1n) is 28.2. The van der Waals surface area contributed by atoms with E-state index >= 15 is 0 Å². The number of hydrogen-bond acceptors (Lipinski definition) is 6. The molecule has 0 radical (unpaired) electrons. The summed E-state index contributed by atoms with van der Waals surface area (Å²) in [6.07, 6.45) is 49.4. The first kappa shape index (κ1) is 61.4. The fourth-order valence-electron chi connectivity index (χ4n) is 8.58. The van der Waals surface area contributed by atoms with Crippen molar-refractivity contribution >= 4 is 17.9 Å². The minimum absolute atomic E-state index is 0.0642. The Morgan fingerprint density at radius 1 is 0.317 bits per heavy atom. The van der Waals surface area contributed by atoms with E-state index in [2.05, 4.69) is 41.5 Å². The minimum Gasteiger partial charge on any atom is -0.462 e. The van der Waals surface area contributed by atoms with Crippen molar-refractivity contribution in [3.8, 4) is 0 Å². The Balaban J connectivity index is 4.28. The SMILES string of the molecule is CCC(C)CCCCCCCCCCCCC(=O)O[C@H](COC(=O)CCCCCCCCCCCCCCCCCCC(C)C)COC(=O)CCCCCCCCCCC(C)CC. The highest BCUT2D eigenvalue weighted by Crippen LogP contribution is 2.19. The second kappa shape index (κ2) is 48.3. The highest BCUT2D eigenvalue weighted by Gasteiger charge is 2.19. The van der Waals surface area contributed by atoms with E-state index in [-0.39, 0.29) is 31.1 Å². The van der Waals surface area contributed by atoms with Crippen molar-refractivity contribution in [2.45, 2.75) is 317 Å². The lowest BCUT2D eigenvalue weighted by Gasteiger charge is -2.18. The lowest BCUT2D eigenvalue weighted by molar-refractivity contribution is -0.167. The summed E-state index contributed by atoms with van der Waals surface area (Å²) in [4.78, 5) is 38.1. The second-order valence-corrected chi connectivity index (χ2v) is 20.5. The van der Waals surface area contributed by atoms with Gasteiger partial charge in [0.1, 0.15) is 13.2 Å². The Labute approximate surface area is 393 Å². The topological polar surface area (TPSA) is 78.9 Å². The lowest BCUT2D eigenvalue weighted by Crippen LogP contribution is -2.30. The molecule has 0 spiro atoms. The largest absolute Gasteiger partial charge is 0.462 e. The van der Waals surface area contributed by atoms with E-state index in [1.165, 1.54) is 193 Å². The van der Waals surface area contributed by atoms with Crippen molar-refractivity contribution < 1.29 is 28.6 Å². The summed E-state index contributed by atoms with van der Waals surface area (Å²) in [7, 11) is 0. The third-order valence-electron chi connectivity index (χ3n) is 13.6. The lowest BCUT2D eigenvalue weighted by atomic mass is 9.99. The maximum Gasteiger partial charge on any atom is 0.306 e. The molecule has 0 rings (SSSR count). The van der Waals surface area contributed by atoms with Crippen molar-refractivity contribution in [3.05, 3.63) is 0 Å². The smallest absolute Gasteiger partial charge is 0.306 e. The Hall–Kier alpha value is -1.59. The Kier molecular flexibility index (Phi) is 47.1. The quantitative estimate of drug-likeness (QED) is 0.0344. The van der Waals surface area contributed by atoms with Crippen LogP contribution in [0.1, 0.15) is 311 Å². The molecule has 0 fully saturated rings. The third kappa shape index (κ3) is 48.2. The van der Waals surface area contributed by atoms with Crippen LogP contribution in [0.3, 0.4) is 0 Å². The molecule has 2 unspecified atom stereocenters. The highest BCUT2D eigenvalue weighted by molar-refractivity contribution is 5.71. The van der Waals surface area contributed by atoms with Gasteiger partial charge in [-0.25, -0.2) is 0 Å². The molecule has 6 heteroatoms. The van der Waals surface area contributed by atoms with Crippen molar-refractivity contribution in [2.75, 3.05) is 13.2 Å². The summed E-state index contributed by atoms with van der Waals surface area (Å²) in [6.45, 7) is 13.8. The maximum atomic E-state index is 12.8. The average molecular weight is 892 g/mol. The molecule has 63 heavy (non-hydrogen) atoms. The molecule has 374 valence electrons. The molecule has 0 aromatic rings. The van der Waals surface area contributed by atoms with Crippen molar-refractivity contribution in [1.82, 2.24) is 0 Å². The Morgan fingerprint density at radius 3 is 0.825 bits per heavy atom. The number of ether oxygens (including phenoxy) is 3. The van der Waals surface area contributed by atoms with Gasteiger partial charge in [-0.3, -0.25) is 14.4 Å². The Morgan fingerprint density at radius 2 is 0.556 bits per heavy atom. The van der Waals surface area contributed by atoms with Crippen LogP contribution in [0.5, 0.6) is 0 Å². The van der Waals surface area contributed by atoms with Crippen LogP contribution in [0, 0.1) is 17.8 Å². The van der Waals surface area contributed by atoms with E-state index in [1.807, 2.05) is 0 Å². The molecule has 3 atom stereocenters. The normalized spacial score (nSPS) is 13.0.